The minimum atomic E-state index is -1.95. The van der Waals surface area contributed by atoms with E-state index in [-0.39, 0.29) is 6.61 Å². The fourth-order valence-corrected chi connectivity index (χ4v) is 0.507. The number of hydrogen-bond acceptors (Lipinski definition) is 4. The number of aliphatic carboxylic acids is 2. The molecule has 0 aliphatic carbocycles. The van der Waals surface area contributed by atoms with E-state index in [0.29, 0.717) is 6.42 Å². The highest BCUT2D eigenvalue weighted by Gasteiger charge is 2.27. The molecular formula is C7H12O6. The highest BCUT2D eigenvalue weighted by molar-refractivity contribution is 5.95. The van der Waals surface area contributed by atoms with Gasteiger partial charge in [-0.15, -0.1) is 0 Å². The van der Waals surface area contributed by atoms with Gasteiger partial charge in [-0.05, 0) is 6.42 Å². The predicted molar refractivity (Wildman–Crippen MR) is 41.0 cm³/mol. The van der Waals surface area contributed by atoms with Gasteiger partial charge in [-0.1, -0.05) is 13.3 Å². The van der Waals surface area contributed by atoms with Gasteiger partial charge in [-0.2, -0.15) is 0 Å². The Morgan fingerprint density at radius 1 is 1.31 bits per heavy atom. The van der Waals surface area contributed by atoms with Gasteiger partial charge in [0.15, 0.2) is 0 Å². The zero-order chi connectivity index (χ0) is 10.3. The van der Waals surface area contributed by atoms with E-state index in [9.17, 15) is 9.59 Å². The van der Waals surface area contributed by atoms with Gasteiger partial charge in [0.1, 0.15) is 0 Å². The highest BCUT2D eigenvalue weighted by Crippen LogP contribution is 1.96. The van der Waals surface area contributed by atoms with Crippen LogP contribution in [0.4, 0.5) is 0 Å². The third-order valence-corrected chi connectivity index (χ3v) is 1.19. The molecule has 76 valence electrons. The molecule has 0 saturated heterocycles. The lowest BCUT2D eigenvalue weighted by atomic mass is 10.4. The van der Waals surface area contributed by atoms with Crippen LogP contribution < -0.4 is 0 Å². The first-order chi connectivity index (χ1) is 6.09. The first-order valence-electron chi connectivity index (χ1n) is 3.83. The van der Waals surface area contributed by atoms with Gasteiger partial charge in [0, 0.05) is 0 Å². The lowest BCUT2D eigenvalue weighted by Gasteiger charge is -2.07. The van der Waals surface area contributed by atoms with Gasteiger partial charge in [-0.25, -0.2) is 19.4 Å². The number of hydrogen-bond donors (Lipinski definition) is 2. The third kappa shape index (κ3) is 5.15. The molecule has 13 heavy (non-hydrogen) atoms. The Bertz CT molecular complexity index is 164. The molecular weight excluding hydrogens is 180 g/mol. The van der Waals surface area contributed by atoms with E-state index >= 15 is 0 Å². The predicted octanol–water partition coefficient (Wildman–Crippen LogP) is 0.272. The van der Waals surface area contributed by atoms with Gasteiger partial charge in [0.05, 0.1) is 6.61 Å². The van der Waals surface area contributed by atoms with Crippen LogP contribution >= 0.6 is 0 Å². The molecule has 0 atom stereocenters. The van der Waals surface area contributed by atoms with Crippen LogP contribution in [0.3, 0.4) is 0 Å². The summed E-state index contributed by atoms with van der Waals surface area (Å²) in [6.07, 6.45) is -0.406. The van der Waals surface area contributed by atoms with Crippen LogP contribution in [0.1, 0.15) is 19.8 Å². The quantitative estimate of drug-likeness (QED) is 0.260. The Hall–Kier alpha value is -1.14. The summed E-state index contributed by atoms with van der Waals surface area (Å²) in [6.45, 7) is 2.10. The minimum absolute atomic E-state index is 0.188. The van der Waals surface area contributed by atoms with E-state index in [0.717, 1.165) is 6.42 Å². The molecule has 0 aromatic rings. The summed E-state index contributed by atoms with van der Waals surface area (Å²) in [5, 5.41) is 16.6. The summed E-state index contributed by atoms with van der Waals surface area (Å²) in [6, 6.07) is 0. The lowest BCUT2D eigenvalue weighted by Crippen LogP contribution is -2.32. The number of unbranched alkanes of at least 4 members (excludes halogenated alkanes) is 1. The first-order valence-corrected chi connectivity index (χ1v) is 3.83. The van der Waals surface area contributed by atoms with Gasteiger partial charge < -0.3 is 10.2 Å². The molecule has 0 aromatic heterocycles. The summed E-state index contributed by atoms with van der Waals surface area (Å²) in [7, 11) is 0. The average molecular weight is 192 g/mol. The Morgan fingerprint density at radius 2 is 1.85 bits per heavy atom. The largest absolute Gasteiger partial charge is 0.479 e. The van der Waals surface area contributed by atoms with E-state index < -0.39 is 18.0 Å². The maximum Gasteiger partial charge on any atom is 0.348 e. The lowest BCUT2D eigenvalue weighted by molar-refractivity contribution is -0.316. The molecule has 0 aromatic carbocycles. The Morgan fingerprint density at radius 3 is 2.23 bits per heavy atom. The molecule has 0 saturated carbocycles. The van der Waals surface area contributed by atoms with Crippen molar-refractivity contribution in [3.8, 4) is 0 Å². The maximum atomic E-state index is 10.2. The van der Waals surface area contributed by atoms with Crippen molar-refractivity contribution in [1.29, 1.82) is 0 Å². The average Bonchev–Trinajstić information content (AvgIpc) is 2.02. The normalized spacial score (nSPS) is 10.3. The smallest absolute Gasteiger partial charge is 0.348 e. The van der Waals surface area contributed by atoms with Crippen LogP contribution in [0.2, 0.25) is 0 Å². The second kappa shape index (κ2) is 6.38. The van der Waals surface area contributed by atoms with Gasteiger partial charge in [0.25, 0.3) is 6.10 Å². The van der Waals surface area contributed by atoms with Crippen molar-refractivity contribution >= 4 is 11.9 Å². The molecule has 0 fully saturated rings. The second-order valence-electron chi connectivity index (χ2n) is 2.33. The highest BCUT2D eigenvalue weighted by atomic mass is 17.2. The van der Waals surface area contributed by atoms with Crippen LogP contribution in [0.25, 0.3) is 0 Å². The number of rotatable bonds is 7. The number of carboxylic acid groups (broad SMARTS) is 2. The van der Waals surface area contributed by atoms with Gasteiger partial charge >= 0.3 is 11.9 Å². The summed E-state index contributed by atoms with van der Waals surface area (Å²) in [4.78, 5) is 29.0. The SMILES string of the molecule is CCCCOOC(C(=O)O)C(=O)O. The van der Waals surface area contributed by atoms with E-state index in [4.69, 9.17) is 10.2 Å². The zero-order valence-corrected chi connectivity index (χ0v) is 7.23. The molecule has 0 rings (SSSR count). The zero-order valence-electron chi connectivity index (χ0n) is 7.23. The molecule has 0 aliphatic rings. The first kappa shape index (κ1) is 11.9. The van der Waals surface area contributed by atoms with Crippen molar-refractivity contribution in [2.45, 2.75) is 25.9 Å². The summed E-state index contributed by atoms with van der Waals surface area (Å²) >= 11 is 0. The fraction of sp³-hybridized carbons (Fsp3) is 0.714. The second-order valence-corrected chi connectivity index (χ2v) is 2.33. The molecule has 0 radical (unpaired) electrons. The van der Waals surface area contributed by atoms with Crippen LogP contribution in [-0.4, -0.2) is 34.9 Å². The van der Waals surface area contributed by atoms with Crippen LogP contribution in [0.5, 0.6) is 0 Å². The number of carbonyl (C=O) groups is 2. The van der Waals surface area contributed by atoms with Crippen molar-refractivity contribution in [2.75, 3.05) is 6.61 Å². The number of carboxylic acids is 2. The van der Waals surface area contributed by atoms with Crippen molar-refractivity contribution in [3.63, 3.8) is 0 Å². The fourth-order valence-electron chi connectivity index (χ4n) is 0.507. The summed E-state index contributed by atoms with van der Waals surface area (Å²) in [5.41, 5.74) is 0. The molecule has 6 heteroatoms. The Labute approximate surface area is 75.0 Å². The maximum absolute atomic E-state index is 10.2. The van der Waals surface area contributed by atoms with Crippen LogP contribution in [0.15, 0.2) is 0 Å². The van der Waals surface area contributed by atoms with Crippen molar-refractivity contribution in [2.24, 2.45) is 0 Å². The van der Waals surface area contributed by atoms with E-state index in [1.54, 1.807) is 0 Å². The topological polar surface area (TPSA) is 93.1 Å². The molecule has 0 heterocycles. The molecule has 0 spiro atoms. The Balaban J connectivity index is 3.71. The molecule has 0 bridgehead atoms. The third-order valence-electron chi connectivity index (χ3n) is 1.19. The molecule has 0 amide bonds. The molecule has 2 N–H and O–H groups in total. The van der Waals surface area contributed by atoms with Crippen molar-refractivity contribution in [1.82, 2.24) is 0 Å². The van der Waals surface area contributed by atoms with E-state index in [1.807, 2.05) is 6.92 Å². The summed E-state index contributed by atoms with van der Waals surface area (Å²) in [5.74, 6) is -3.16. The van der Waals surface area contributed by atoms with E-state index in [2.05, 4.69) is 9.78 Å². The van der Waals surface area contributed by atoms with Crippen molar-refractivity contribution in [3.05, 3.63) is 0 Å². The molecule has 0 unspecified atom stereocenters. The molecule has 6 nitrogen and oxygen atoms in total. The standard InChI is InChI=1S/C7H12O6/c1-2-3-4-12-13-5(6(8)9)7(10)11/h5H,2-4H2,1H3,(H,8,9)(H,10,11). The van der Waals surface area contributed by atoms with Crippen LogP contribution in [-0.2, 0) is 19.4 Å². The van der Waals surface area contributed by atoms with Gasteiger partial charge in [0.2, 0.25) is 0 Å². The Kier molecular flexibility index (Phi) is 5.82. The van der Waals surface area contributed by atoms with Gasteiger partial charge in [-0.3, -0.25) is 0 Å². The van der Waals surface area contributed by atoms with E-state index in [1.165, 1.54) is 0 Å². The molecule has 0 aliphatic heterocycles. The summed E-state index contributed by atoms with van der Waals surface area (Å²) < 4.78 is 0. The monoisotopic (exact) mass is 192 g/mol. The van der Waals surface area contributed by atoms with Crippen LogP contribution in [0, 0.1) is 0 Å². The van der Waals surface area contributed by atoms with Crippen molar-refractivity contribution < 1.29 is 29.6 Å². The minimum Gasteiger partial charge on any atom is -0.479 e.